The first-order chi connectivity index (χ1) is 14.5. The van der Waals surface area contributed by atoms with Crippen LogP contribution in [-0.4, -0.2) is 64.5 Å². The number of hydrazine groups is 1. The number of carbonyl (C=O) groups is 4. The Hall–Kier alpha value is -2.46. The molecule has 1 saturated heterocycles. The molecule has 1 aliphatic rings. The summed E-state index contributed by atoms with van der Waals surface area (Å²) in [5, 5.41) is 16.7. The van der Waals surface area contributed by atoms with E-state index in [0.29, 0.717) is 32.2 Å². The number of hydrogen-bond acceptors (Lipinski definition) is 6. The Balaban J connectivity index is 2.71. The zero-order chi connectivity index (χ0) is 23.7. The molecule has 1 rings (SSSR count). The van der Waals surface area contributed by atoms with Crippen LogP contribution in [0.1, 0.15) is 53.4 Å². The molecule has 31 heavy (non-hydrogen) atoms. The summed E-state index contributed by atoms with van der Waals surface area (Å²) in [6.45, 7) is 10.7. The van der Waals surface area contributed by atoms with E-state index in [-0.39, 0.29) is 5.92 Å². The summed E-state index contributed by atoms with van der Waals surface area (Å²) in [7, 11) is 0. The van der Waals surface area contributed by atoms with Crippen LogP contribution in [0.3, 0.4) is 0 Å². The van der Waals surface area contributed by atoms with Crippen molar-refractivity contribution in [1.29, 1.82) is 0 Å². The van der Waals surface area contributed by atoms with E-state index in [4.69, 9.17) is 5.73 Å². The highest BCUT2D eigenvalue weighted by atomic mass is 16.3. The number of aliphatic hydroxyl groups excluding tert-OH is 1. The zero-order valence-electron chi connectivity index (χ0n) is 18.9. The van der Waals surface area contributed by atoms with Crippen molar-refractivity contribution in [3.05, 3.63) is 12.7 Å². The molecule has 6 N–H and O–H groups in total. The van der Waals surface area contributed by atoms with Crippen molar-refractivity contribution in [1.82, 2.24) is 21.1 Å². The second-order valence-corrected chi connectivity index (χ2v) is 8.40. The Morgan fingerprint density at radius 1 is 1.19 bits per heavy atom. The minimum absolute atomic E-state index is 0.240. The van der Waals surface area contributed by atoms with E-state index in [0.717, 1.165) is 0 Å². The molecule has 5 atom stereocenters. The SMILES string of the molecule is C=CCCC(O)C(C)C(=O)NC(C(=O)NC(C)C(=O)N1CCCC(C(N)=O)N1)C(C)C. The Morgan fingerprint density at radius 2 is 1.84 bits per heavy atom. The second-order valence-electron chi connectivity index (χ2n) is 8.40. The Kier molecular flexibility index (Phi) is 10.6. The molecule has 1 heterocycles. The van der Waals surface area contributed by atoms with Crippen LogP contribution >= 0.6 is 0 Å². The van der Waals surface area contributed by atoms with E-state index in [1.165, 1.54) is 11.9 Å². The van der Waals surface area contributed by atoms with E-state index >= 15 is 0 Å². The maximum absolute atomic E-state index is 12.8. The number of amides is 4. The summed E-state index contributed by atoms with van der Waals surface area (Å²) >= 11 is 0. The van der Waals surface area contributed by atoms with Crippen LogP contribution in [0.2, 0.25) is 0 Å². The lowest BCUT2D eigenvalue weighted by Crippen LogP contribution is -2.61. The lowest BCUT2D eigenvalue weighted by molar-refractivity contribution is -0.143. The van der Waals surface area contributed by atoms with Crippen molar-refractivity contribution in [2.75, 3.05) is 6.54 Å². The predicted molar refractivity (Wildman–Crippen MR) is 116 cm³/mol. The highest BCUT2D eigenvalue weighted by Gasteiger charge is 2.33. The van der Waals surface area contributed by atoms with E-state index in [2.05, 4.69) is 22.6 Å². The third-order valence-electron chi connectivity index (χ3n) is 5.43. The van der Waals surface area contributed by atoms with Crippen LogP contribution in [-0.2, 0) is 19.2 Å². The quantitative estimate of drug-likeness (QED) is 0.275. The number of aliphatic hydroxyl groups is 1. The molecule has 1 aliphatic heterocycles. The average Bonchev–Trinajstić information content (AvgIpc) is 2.73. The summed E-state index contributed by atoms with van der Waals surface area (Å²) in [5.74, 6) is -2.82. The summed E-state index contributed by atoms with van der Waals surface area (Å²) in [6, 6.07) is -2.37. The fourth-order valence-electron chi connectivity index (χ4n) is 3.28. The fraction of sp³-hybridized carbons (Fsp3) is 0.714. The summed E-state index contributed by atoms with van der Waals surface area (Å²) in [4.78, 5) is 49.4. The van der Waals surface area contributed by atoms with Gasteiger partial charge in [0.25, 0.3) is 5.91 Å². The average molecular weight is 440 g/mol. The normalized spacial score (nSPS) is 20.3. The second kappa shape index (κ2) is 12.4. The fourth-order valence-corrected chi connectivity index (χ4v) is 3.28. The minimum Gasteiger partial charge on any atom is -0.392 e. The van der Waals surface area contributed by atoms with Gasteiger partial charge in [-0.05, 0) is 38.5 Å². The maximum atomic E-state index is 12.8. The van der Waals surface area contributed by atoms with Gasteiger partial charge in [-0.2, -0.15) is 0 Å². The number of carbonyl (C=O) groups excluding carboxylic acids is 4. The van der Waals surface area contributed by atoms with Gasteiger partial charge >= 0.3 is 0 Å². The monoisotopic (exact) mass is 439 g/mol. The van der Waals surface area contributed by atoms with Gasteiger partial charge in [-0.1, -0.05) is 26.8 Å². The smallest absolute Gasteiger partial charge is 0.258 e. The first kappa shape index (κ1) is 26.6. The molecule has 10 nitrogen and oxygen atoms in total. The number of nitrogens with one attached hydrogen (secondary N) is 3. The van der Waals surface area contributed by atoms with Gasteiger partial charge in [0.1, 0.15) is 18.1 Å². The van der Waals surface area contributed by atoms with E-state index in [1.54, 1.807) is 26.8 Å². The van der Waals surface area contributed by atoms with Gasteiger partial charge in [-0.3, -0.25) is 24.2 Å². The van der Waals surface area contributed by atoms with Gasteiger partial charge in [0.15, 0.2) is 0 Å². The third kappa shape index (κ3) is 7.95. The molecule has 0 aromatic heterocycles. The molecule has 0 saturated carbocycles. The minimum atomic E-state index is -0.875. The molecular formula is C21H37N5O5. The molecule has 0 bridgehead atoms. The third-order valence-corrected chi connectivity index (χ3v) is 5.43. The number of allylic oxidation sites excluding steroid dienone is 1. The van der Waals surface area contributed by atoms with Crippen LogP contribution in [0.25, 0.3) is 0 Å². The van der Waals surface area contributed by atoms with E-state index in [9.17, 15) is 24.3 Å². The van der Waals surface area contributed by atoms with Gasteiger partial charge in [0.05, 0.1) is 12.0 Å². The molecule has 5 unspecified atom stereocenters. The molecule has 1 fully saturated rings. The first-order valence-electron chi connectivity index (χ1n) is 10.8. The van der Waals surface area contributed by atoms with E-state index in [1.807, 2.05) is 0 Å². The van der Waals surface area contributed by atoms with Crippen molar-refractivity contribution < 1.29 is 24.3 Å². The molecule has 4 amide bonds. The number of nitrogens with zero attached hydrogens (tertiary/aromatic N) is 1. The number of hydrogen-bond donors (Lipinski definition) is 5. The zero-order valence-corrected chi connectivity index (χ0v) is 18.9. The van der Waals surface area contributed by atoms with Gasteiger partial charge in [-0.25, -0.2) is 5.43 Å². The molecule has 176 valence electrons. The predicted octanol–water partition coefficient (Wildman–Crippen LogP) is -0.424. The summed E-state index contributed by atoms with van der Waals surface area (Å²) < 4.78 is 0. The Bertz CT molecular complexity index is 669. The van der Waals surface area contributed by atoms with Crippen LogP contribution in [0.4, 0.5) is 0 Å². The highest BCUT2D eigenvalue weighted by molar-refractivity contribution is 5.92. The van der Waals surface area contributed by atoms with Crippen molar-refractivity contribution in [3.8, 4) is 0 Å². The van der Waals surface area contributed by atoms with Gasteiger partial charge in [0.2, 0.25) is 17.7 Å². The standard InChI is InChI=1S/C21H37N5O5/c1-6-7-10-16(27)13(4)19(29)24-17(12(2)3)20(30)23-14(5)21(31)26-11-8-9-15(25-26)18(22)28/h6,12-17,25,27H,1,7-11H2,2-5H3,(H2,22,28)(H,23,30)(H,24,29). The lowest BCUT2D eigenvalue weighted by Gasteiger charge is -2.34. The lowest BCUT2D eigenvalue weighted by atomic mass is 9.97. The molecule has 0 aromatic carbocycles. The largest absolute Gasteiger partial charge is 0.392 e. The number of nitrogens with two attached hydrogens (primary N) is 1. The van der Waals surface area contributed by atoms with Crippen molar-refractivity contribution >= 4 is 23.6 Å². The molecule has 0 spiro atoms. The number of primary amides is 1. The van der Waals surface area contributed by atoms with Crippen LogP contribution in [0, 0.1) is 11.8 Å². The molecule has 10 heteroatoms. The first-order valence-corrected chi connectivity index (χ1v) is 10.8. The van der Waals surface area contributed by atoms with Gasteiger partial charge in [-0.15, -0.1) is 6.58 Å². The van der Waals surface area contributed by atoms with Crippen LogP contribution < -0.4 is 21.8 Å². The van der Waals surface area contributed by atoms with E-state index < -0.39 is 53.8 Å². The summed E-state index contributed by atoms with van der Waals surface area (Å²) in [6.07, 6.45) is 2.95. The molecular weight excluding hydrogens is 402 g/mol. The molecule has 0 radical (unpaired) electrons. The summed E-state index contributed by atoms with van der Waals surface area (Å²) in [5.41, 5.74) is 8.09. The Morgan fingerprint density at radius 3 is 2.39 bits per heavy atom. The molecule has 0 aliphatic carbocycles. The van der Waals surface area contributed by atoms with Crippen molar-refractivity contribution in [2.24, 2.45) is 17.6 Å². The van der Waals surface area contributed by atoms with Crippen molar-refractivity contribution in [3.63, 3.8) is 0 Å². The number of rotatable bonds is 11. The van der Waals surface area contributed by atoms with Gasteiger partial charge in [0, 0.05) is 6.54 Å². The highest BCUT2D eigenvalue weighted by Crippen LogP contribution is 2.12. The maximum Gasteiger partial charge on any atom is 0.258 e. The van der Waals surface area contributed by atoms with Crippen molar-refractivity contribution in [2.45, 2.75) is 77.6 Å². The van der Waals surface area contributed by atoms with Gasteiger partial charge < -0.3 is 21.5 Å². The molecule has 0 aromatic rings. The van der Waals surface area contributed by atoms with Crippen LogP contribution in [0.15, 0.2) is 12.7 Å². The Labute approximate surface area is 184 Å². The topological polar surface area (TPSA) is 154 Å². The van der Waals surface area contributed by atoms with Crippen LogP contribution in [0.5, 0.6) is 0 Å².